The van der Waals surface area contributed by atoms with Crippen molar-refractivity contribution in [1.29, 1.82) is 0 Å². The number of rotatable bonds is 3. The highest BCUT2D eigenvalue weighted by molar-refractivity contribution is 5.94. The molecule has 1 amide bonds. The van der Waals surface area contributed by atoms with Crippen molar-refractivity contribution in [3.05, 3.63) is 35.4 Å². The summed E-state index contributed by atoms with van der Waals surface area (Å²) in [6.07, 6.45) is 5.68. The number of nitrogens with one attached hydrogen (secondary N) is 1. The Morgan fingerprint density at radius 1 is 1.29 bits per heavy atom. The van der Waals surface area contributed by atoms with Gasteiger partial charge in [0.15, 0.2) is 0 Å². The van der Waals surface area contributed by atoms with Crippen molar-refractivity contribution in [3.63, 3.8) is 0 Å². The highest BCUT2D eigenvalue weighted by Gasteiger charge is 2.13. The van der Waals surface area contributed by atoms with Gasteiger partial charge < -0.3 is 5.32 Å². The van der Waals surface area contributed by atoms with Crippen molar-refractivity contribution < 1.29 is 4.79 Å². The molecule has 2 heteroatoms. The Morgan fingerprint density at radius 2 is 1.88 bits per heavy atom. The topological polar surface area (TPSA) is 29.1 Å². The number of carbonyl (C=O) groups excluding carboxylic acids is 1. The van der Waals surface area contributed by atoms with Crippen molar-refractivity contribution >= 4 is 5.91 Å². The van der Waals surface area contributed by atoms with Gasteiger partial charge >= 0.3 is 0 Å². The molecule has 1 N–H and O–H groups in total. The van der Waals surface area contributed by atoms with E-state index in [1.165, 1.54) is 5.56 Å². The molecule has 0 aliphatic heterocycles. The van der Waals surface area contributed by atoms with Crippen LogP contribution in [0.3, 0.4) is 0 Å². The van der Waals surface area contributed by atoms with Crippen LogP contribution in [0.4, 0.5) is 0 Å². The lowest BCUT2D eigenvalue weighted by Crippen LogP contribution is -2.24. The summed E-state index contributed by atoms with van der Waals surface area (Å²) in [7, 11) is 0. The molecule has 0 unspecified atom stereocenters. The Labute approximate surface area is 103 Å². The van der Waals surface area contributed by atoms with E-state index in [0.717, 1.165) is 0 Å². The highest BCUT2D eigenvalue weighted by atomic mass is 16.1. The number of hydrogen-bond donors (Lipinski definition) is 1. The van der Waals surface area contributed by atoms with E-state index in [-0.39, 0.29) is 11.3 Å². The predicted octanol–water partition coefficient (Wildman–Crippen LogP) is 2.74. The Kier molecular flexibility index (Phi) is 4.34. The van der Waals surface area contributed by atoms with Crippen LogP contribution in [-0.2, 0) is 5.41 Å². The molecule has 1 aromatic carbocycles. The fourth-order valence-corrected chi connectivity index (χ4v) is 1.47. The quantitative estimate of drug-likeness (QED) is 0.626. The van der Waals surface area contributed by atoms with Crippen LogP contribution in [0.1, 0.15) is 43.1 Å². The average Bonchev–Trinajstić information content (AvgIpc) is 2.28. The average molecular weight is 229 g/mol. The molecule has 0 radical (unpaired) electrons. The van der Waals surface area contributed by atoms with Crippen molar-refractivity contribution in [1.82, 2.24) is 5.32 Å². The van der Waals surface area contributed by atoms with Crippen molar-refractivity contribution in [2.75, 3.05) is 6.54 Å². The first kappa shape index (κ1) is 13.3. The molecule has 0 heterocycles. The Morgan fingerprint density at radius 3 is 2.35 bits per heavy atom. The number of carbonyl (C=O) groups is 1. The summed E-state index contributed by atoms with van der Waals surface area (Å²) >= 11 is 0. The third kappa shape index (κ3) is 3.96. The molecule has 0 bridgehead atoms. The SMILES string of the molecule is C#CCCNC(=O)c1ccc(C(C)(C)C)cc1. The number of amides is 1. The van der Waals surface area contributed by atoms with E-state index in [1.807, 2.05) is 24.3 Å². The zero-order valence-corrected chi connectivity index (χ0v) is 10.7. The first-order valence-electron chi connectivity index (χ1n) is 5.77. The van der Waals surface area contributed by atoms with E-state index < -0.39 is 0 Å². The summed E-state index contributed by atoms with van der Waals surface area (Å²) in [6.45, 7) is 6.97. The fourth-order valence-electron chi connectivity index (χ4n) is 1.47. The lowest BCUT2D eigenvalue weighted by Gasteiger charge is -2.19. The Balaban J connectivity index is 2.68. The minimum atomic E-state index is -0.0688. The maximum Gasteiger partial charge on any atom is 0.251 e. The van der Waals surface area contributed by atoms with Gasteiger partial charge in [-0.25, -0.2) is 0 Å². The Hall–Kier alpha value is -1.75. The molecular weight excluding hydrogens is 210 g/mol. The third-order valence-corrected chi connectivity index (χ3v) is 2.57. The highest BCUT2D eigenvalue weighted by Crippen LogP contribution is 2.22. The van der Waals surface area contributed by atoms with E-state index in [4.69, 9.17) is 6.42 Å². The summed E-state index contributed by atoms with van der Waals surface area (Å²) in [5.74, 6) is 2.42. The molecule has 0 aliphatic rings. The minimum absolute atomic E-state index is 0.0688. The van der Waals surface area contributed by atoms with E-state index in [0.29, 0.717) is 18.5 Å². The van der Waals surface area contributed by atoms with Crippen molar-refractivity contribution in [3.8, 4) is 12.3 Å². The monoisotopic (exact) mass is 229 g/mol. The van der Waals surface area contributed by atoms with Gasteiger partial charge in [-0.2, -0.15) is 0 Å². The van der Waals surface area contributed by atoms with Crippen LogP contribution >= 0.6 is 0 Å². The third-order valence-electron chi connectivity index (χ3n) is 2.57. The second-order valence-electron chi connectivity index (χ2n) is 5.04. The molecular formula is C15H19NO. The minimum Gasteiger partial charge on any atom is -0.351 e. The van der Waals surface area contributed by atoms with Gasteiger partial charge in [0.2, 0.25) is 0 Å². The van der Waals surface area contributed by atoms with Crippen LogP contribution in [0.2, 0.25) is 0 Å². The van der Waals surface area contributed by atoms with E-state index in [2.05, 4.69) is 32.0 Å². The van der Waals surface area contributed by atoms with Gasteiger partial charge in [0.25, 0.3) is 5.91 Å². The van der Waals surface area contributed by atoms with Crippen molar-refractivity contribution in [2.45, 2.75) is 32.6 Å². The predicted molar refractivity (Wildman–Crippen MR) is 70.9 cm³/mol. The summed E-state index contributed by atoms with van der Waals surface area (Å²) in [4.78, 5) is 11.7. The molecule has 17 heavy (non-hydrogen) atoms. The summed E-state index contributed by atoms with van der Waals surface area (Å²) in [5.41, 5.74) is 2.01. The van der Waals surface area contributed by atoms with Gasteiger partial charge in [0.1, 0.15) is 0 Å². The normalized spacial score (nSPS) is 10.7. The van der Waals surface area contributed by atoms with Crippen LogP contribution in [0.5, 0.6) is 0 Å². The lowest BCUT2D eigenvalue weighted by atomic mass is 9.87. The van der Waals surface area contributed by atoms with E-state index >= 15 is 0 Å². The zero-order chi connectivity index (χ0) is 12.9. The molecule has 0 aromatic heterocycles. The molecule has 0 fully saturated rings. The van der Waals surface area contributed by atoms with Gasteiger partial charge in [0.05, 0.1) is 0 Å². The van der Waals surface area contributed by atoms with Gasteiger partial charge in [-0.05, 0) is 23.1 Å². The van der Waals surface area contributed by atoms with Gasteiger partial charge in [0, 0.05) is 18.5 Å². The number of hydrogen-bond acceptors (Lipinski definition) is 1. The maximum absolute atomic E-state index is 11.7. The van der Waals surface area contributed by atoms with Gasteiger partial charge in [-0.3, -0.25) is 4.79 Å². The molecule has 1 rings (SSSR count). The summed E-state index contributed by atoms with van der Waals surface area (Å²) in [6, 6.07) is 7.70. The first-order chi connectivity index (χ1) is 7.95. The Bertz CT molecular complexity index is 418. The smallest absolute Gasteiger partial charge is 0.251 e. The van der Waals surface area contributed by atoms with Crippen LogP contribution < -0.4 is 5.32 Å². The lowest BCUT2D eigenvalue weighted by molar-refractivity contribution is 0.0954. The first-order valence-corrected chi connectivity index (χ1v) is 5.77. The number of benzene rings is 1. The standard InChI is InChI=1S/C15H19NO/c1-5-6-11-16-14(17)12-7-9-13(10-8-12)15(2,3)4/h1,7-10H,6,11H2,2-4H3,(H,16,17). The zero-order valence-electron chi connectivity index (χ0n) is 10.7. The summed E-state index contributed by atoms with van der Waals surface area (Å²) < 4.78 is 0. The van der Waals surface area contributed by atoms with Crippen LogP contribution in [0.25, 0.3) is 0 Å². The van der Waals surface area contributed by atoms with Crippen LogP contribution in [0, 0.1) is 12.3 Å². The maximum atomic E-state index is 11.7. The van der Waals surface area contributed by atoms with Gasteiger partial charge in [-0.1, -0.05) is 32.9 Å². The van der Waals surface area contributed by atoms with E-state index in [1.54, 1.807) is 0 Å². The molecule has 0 atom stereocenters. The molecule has 2 nitrogen and oxygen atoms in total. The molecule has 0 saturated carbocycles. The summed E-state index contributed by atoms with van der Waals surface area (Å²) in [5, 5.41) is 2.78. The fraction of sp³-hybridized carbons (Fsp3) is 0.400. The molecule has 0 saturated heterocycles. The molecule has 0 spiro atoms. The molecule has 1 aromatic rings. The van der Waals surface area contributed by atoms with E-state index in [9.17, 15) is 4.79 Å². The van der Waals surface area contributed by atoms with Gasteiger partial charge in [-0.15, -0.1) is 12.3 Å². The van der Waals surface area contributed by atoms with Crippen LogP contribution in [-0.4, -0.2) is 12.5 Å². The van der Waals surface area contributed by atoms with Crippen LogP contribution in [0.15, 0.2) is 24.3 Å². The second-order valence-corrected chi connectivity index (χ2v) is 5.04. The largest absolute Gasteiger partial charge is 0.351 e. The van der Waals surface area contributed by atoms with Crippen molar-refractivity contribution in [2.24, 2.45) is 0 Å². The molecule has 0 aliphatic carbocycles. The second kappa shape index (κ2) is 5.54. The molecule has 90 valence electrons. The number of terminal acetylenes is 1.